The maximum atomic E-state index is 12.7. The van der Waals surface area contributed by atoms with Crippen LogP contribution in [0, 0.1) is 0 Å². The zero-order valence-corrected chi connectivity index (χ0v) is 16.9. The summed E-state index contributed by atoms with van der Waals surface area (Å²) in [6, 6.07) is 17.3. The summed E-state index contributed by atoms with van der Waals surface area (Å²) in [6.45, 7) is 1.82. The molecule has 4 rings (SSSR count). The molecule has 0 saturated carbocycles. The molecule has 0 atom stereocenters. The van der Waals surface area contributed by atoms with Gasteiger partial charge < -0.3 is 19.8 Å². The first-order valence-electron chi connectivity index (χ1n) is 10.1. The van der Waals surface area contributed by atoms with Gasteiger partial charge in [-0.1, -0.05) is 36.4 Å². The smallest absolute Gasteiger partial charge is 0.356 e. The van der Waals surface area contributed by atoms with Crippen LogP contribution in [0.4, 0.5) is 5.69 Å². The fourth-order valence-electron chi connectivity index (χ4n) is 3.79. The number of fused-ring (bicyclic) bond motifs is 1. The standard InChI is InChI=1S/C23H25N3O4/c1-29-23(28)22-21(18-9-5-6-10-19(18)24-22)25-20(27)15-26-13-11-17(12-14-26)30-16-7-3-2-4-8-16/h2-10,17,24H,11-15H2,1H3,(H,25,27). The van der Waals surface area contributed by atoms with Crippen LogP contribution < -0.4 is 10.1 Å². The Morgan fingerprint density at radius 2 is 1.77 bits per heavy atom. The highest BCUT2D eigenvalue weighted by Gasteiger charge is 2.24. The average molecular weight is 407 g/mol. The van der Waals surface area contributed by atoms with Crippen molar-refractivity contribution in [2.45, 2.75) is 18.9 Å². The molecular weight excluding hydrogens is 382 g/mol. The van der Waals surface area contributed by atoms with Crippen molar-refractivity contribution in [3.63, 3.8) is 0 Å². The number of anilines is 1. The summed E-state index contributed by atoms with van der Waals surface area (Å²) in [5, 5.41) is 3.68. The van der Waals surface area contributed by atoms with Gasteiger partial charge >= 0.3 is 5.97 Å². The number of methoxy groups -OCH3 is 1. The van der Waals surface area contributed by atoms with E-state index in [0.717, 1.165) is 42.6 Å². The van der Waals surface area contributed by atoms with Gasteiger partial charge in [-0.3, -0.25) is 9.69 Å². The maximum absolute atomic E-state index is 12.7. The van der Waals surface area contributed by atoms with E-state index in [9.17, 15) is 9.59 Å². The van der Waals surface area contributed by atoms with Crippen LogP contribution in [0.1, 0.15) is 23.3 Å². The van der Waals surface area contributed by atoms with Gasteiger partial charge in [0.25, 0.3) is 0 Å². The van der Waals surface area contributed by atoms with Crippen LogP contribution in [0.3, 0.4) is 0 Å². The minimum Gasteiger partial charge on any atom is -0.490 e. The summed E-state index contributed by atoms with van der Waals surface area (Å²) >= 11 is 0. The Bertz CT molecular complexity index is 1020. The topological polar surface area (TPSA) is 83.7 Å². The largest absolute Gasteiger partial charge is 0.490 e. The van der Waals surface area contributed by atoms with Crippen LogP contribution in [0.15, 0.2) is 54.6 Å². The minimum absolute atomic E-state index is 0.159. The molecule has 1 aromatic heterocycles. The molecule has 0 spiro atoms. The summed E-state index contributed by atoms with van der Waals surface area (Å²) in [7, 11) is 1.32. The first-order chi connectivity index (χ1) is 14.6. The van der Waals surface area contributed by atoms with E-state index < -0.39 is 5.97 Å². The molecule has 7 heteroatoms. The Hall–Kier alpha value is -3.32. The summed E-state index contributed by atoms with van der Waals surface area (Å²) in [5.74, 6) is 0.205. The number of nitrogens with zero attached hydrogens (tertiary/aromatic N) is 1. The van der Waals surface area contributed by atoms with Crippen LogP contribution in [0.5, 0.6) is 5.75 Å². The summed E-state index contributed by atoms with van der Waals surface area (Å²) in [4.78, 5) is 30.0. The van der Waals surface area contributed by atoms with E-state index in [1.165, 1.54) is 7.11 Å². The Labute approximate surface area is 175 Å². The molecule has 1 aliphatic rings. The lowest BCUT2D eigenvalue weighted by Gasteiger charge is -2.31. The summed E-state index contributed by atoms with van der Waals surface area (Å²) in [6.07, 6.45) is 1.89. The molecular formula is C23H25N3O4. The number of carbonyl (C=O) groups excluding carboxylic acids is 2. The highest BCUT2D eigenvalue weighted by molar-refractivity contribution is 6.11. The zero-order chi connectivity index (χ0) is 20.9. The number of likely N-dealkylation sites (tertiary alicyclic amines) is 1. The molecule has 1 amide bonds. The fraction of sp³-hybridized carbons (Fsp3) is 0.304. The first kappa shape index (κ1) is 20.0. The summed E-state index contributed by atoms with van der Waals surface area (Å²) < 4.78 is 10.9. The Balaban J connectivity index is 1.36. The molecule has 1 aliphatic heterocycles. The van der Waals surface area contributed by atoms with Gasteiger partial charge in [0.15, 0.2) is 0 Å². The van der Waals surface area contributed by atoms with Crippen molar-refractivity contribution in [1.82, 2.24) is 9.88 Å². The first-order valence-corrected chi connectivity index (χ1v) is 10.1. The number of piperidine rings is 1. The number of ether oxygens (including phenoxy) is 2. The SMILES string of the molecule is COC(=O)c1[nH]c2ccccc2c1NC(=O)CN1CCC(Oc2ccccc2)CC1. The Morgan fingerprint density at radius 3 is 2.50 bits per heavy atom. The third kappa shape index (κ3) is 4.46. The van der Waals surface area contributed by atoms with Crippen molar-refractivity contribution in [2.75, 3.05) is 32.1 Å². The van der Waals surface area contributed by atoms with Crippen molar-refractivity contribution in [1.29, 1.82) is 0 Å². The van der Waals surface area contributed by atoms with Crippen LogP contribution in [0.2, 0.25) is 0 Å². The second-order valence-electron chi connectivity index (χ2n) is 7.37. The number of esters is 1. The number of aromatic amines is 1. The lowest BCUT2D eigenvalue weighted by molar-refractivity contribution is -0.117. The number of H-pyrrole nitrogens is 1. The molecule has 0 aliphatic carbocycles. The van der Waals surface area contributed by atoms with E-state index in [0.29, 0.717) is 5.69 Å². The maximum Gasteiger partial charge on any atom is 0.356 e. The Morgan fingerprint density at radius 1 is 1.07 bits per heavy atom. The van der Waals surface area contributed by atoms with Crippen molar-refractivity contribution < 1.29 is 19.1 Å². The predicted molar refractivity (Wildman–Crippen MR) is 115 cm³/mol. The van der Waals surface area contributed by atoms with E-state index >= 15 is 0 Å². The van der Waals surface area contributed by atoms with E-state index in [1.807, 2.05) is 54.6 Å². The number of hydrogen-bond donors (Lipinski definition) is 2. The monoisotopic (exact) mass is 407 g/mol. The molecule has 0 unspecified atom stereocenters. The van der Waals surface area contributed by atoms with Gasteiger partial charge in [0, 0.05) is 24.0 Å². The van der Waals surface area contributed by atoms with Crippen molar-refractivity contribution in [3.8, 4) is 5.75 Å². The van der Waals surface area contributed by atoms with Crippen LogP contribution in [-0.2, 0) is 9.53 Å². The van der Waals surface area contributed by atoms with Crippen LogP contribution in [0.25, 0.3) is 10.9 Å². The highest BCUT2D eigenvalue weighted by atomic mass is 16.5. The predicted octanol–water partition coefficient (Wildman–Crippen LogP) is 3.44. The molecule has 1 saturated heterocycles. The Kier molecular flexibility index (Phi) is 5.99. The fourth-order valence-corrected chi connectivity index (χ4v) is 3.79. The second kappa shape index (κ2) is 9.00. The number of aromatic nitrogens is 1. The highest BCUT2D eigenvalue weighted by Crippen LogP contribution is 2.28. The van der Waals surface area contributed by atoms with Crippen LogP contribution >= 0.6 is 0 Å². The van der Waals surface area contributed by atoms with Gasteiger partial charge in [-0.05, 0) is 31.0 Å². The zero-order valence-electron chi connectivity index (χ0n) is 16.9. The second-order valence-corrected chi connectivity index (χ2v) is 7.37. The normalized spacial score (nSPS) is 15.1. The van der Waals surface area contributed by atoms with E-state index in [4.69, 9.17) is 9.47 Å². The molecule has 0 bridgehead atoms. The molecule has 0 radical (unpaired) electrons. The van der Waals surface area contributed by atoms with Crippen molar-refractivity contribution in [3.05, 3.63) is 60.3 Å². The lowest BCUT2D eigenvalue weighted by Crippen LogP contribution is -2.42. The number of para-hydroxylation sites is 2. The molecule has 30 heavy (non-hydrogen) atoms. The van der Waals surface area contributed by atoms with E-state index in [2.05, 4.69) is 15.2 Å². The number of amides is 1. The summed E-state index contributed by atoms with van der Waals surface area (Å²) in [5.41, 5.74) is 1.49. The molecule has 1 fully saturated rings. The number of carbonyl (C=O) groups is 2. The molecule has 2 N–H and O–H groups in total. The third-order valence-electron chi connectivity index (χ3n) is 5.31. The van der Waals surface area contributed by atoms with Gasteiger partial charge in [-0.2, -0.15) is 0 Å². The molecule has 2 aromatic carbocycles. The quantitative estimate of drug-likeness (QED) is 0.612. The number of rotatable bonds is 6. The van der Waals surface area contributed by atoms with Gasteiger partial charge in [0.05, 0.1) is 19.3 Å². The molecule has 3 aromatic rings. The number of hydrogen-bond acceptors (Lipinski definition) is 5. The van der Waals surface area contributed by atoms with Gasteiger partial charge in [0.1, 0.15) is 17.5 Å². The van der Waals surface area contributed by atoms with Gasteiger partial charge in [-0.15, -0.1) is 0 Å². The average Bonchev–Trinajstić information content (AvgIpc) is 3.13. The minimum atomic E-state index is -0.514. The lowest BCUT2D eigenvalue weighted by atomic mass is 10.1. The number of nitrogens with one attached hydrogen (secondary N) is 2. The third-order valence-corrected chi connectivity index (χ3v) is 5.31. The van der Waals surface area contributed by atoms with Crippen molar-refractivity contribution >= 4 is 28.5 Å². The van der Waals surface area contributed by atoms with Gasteiger partial charge in [0.2, 0.25) is 5.91 Å². The molecule has 7 nitrogen and oxygen atoms in total. The van der Waals surface area contributed by atoms with E-state index in [-0.39, 0.29) is 24.2 Å². The van der Waals surface area contributed by atoms with Crippen LogP contribution in [-0.4, -0.2) is 54.6 Å². The van der Waals surface area contributed by atoms with Gasteiger partial charge in [-0.25, -0.2) is 4.79 Å². The number of benzene rings is 2. The molecule has 156 valence electrons. The molecule has 2 heterocycles. The van der Waals surface area contributed by atoms with Crippen molar-refractivity contribution in [2.24, 2.45) is 0 Å². The van der Waals surface area contributed by atoms with E-state index in [1.54, 1.807) is 0 Å².